The van der Waals surface area contributed by atoms with E-state index in [1.165, 1.54) is 0 Å². The first-order valence-electron chi connectivity index (χ1n) is 5.52. The molecule has 0 atom stereocenters. The van der Waals surface area contributed by atoms with E-state index in [4.69, 9.17) is 4.74 Å². The molecule has 1 rings (SSSR count). The highest BCUT2D eigenvalue weighted by Crippen LogP contribution is 2.11. The fourth-order valence-corrected chi connectivity index (χ4v) is 1.62. The third-order valence-corrected chi connectivity index (χ3v) is 2.50. The van der Waals surface area contributed by atoms with Gasteiger partial charge in [0, 0.05) is 19.6 Å². The van der Waals surface area contributed by atoms with Crippen LogP contribution in [0.5, 0.6) is 0 Å². The molecule has 0 aromatic heterocycles. The van der Waals surface area contributed by atoms with E-state index in [-0.39, 0.29) is 11.7 Å². The molecule has 1 fully saturated rings. The van der Waals surface area contributed by atoms with Crippen molar-refractivity contribution in [3.63, 3.8) is 0 Å². The van der Waals surface area contributed by atoms with Crippen LogP contribution in [0.25, 0.3) is 0 Å². The number of likely N-dealkylation sites (tertiary alicyclic amines) is 1. The van der Waals surface area contributed by atoms with Crippen molar-refractivity contribution in [2.45, 2.75) is 45.3 Å². The summed E-state index contributed by atoms with van der Waals surface area (Å²) in [5.41, 5.74) is -0.0324. The molecule has 84 valence electrons. The van der Waals surface area contributed by atoms with Crippen LogP contribution < -0.4 is 0 Å². The third-order valence-electron chi connectivity index (χ3n) is 2.50. The number of rotatable bonds is 3. The van der Waals surface area contributed by atoms with Gasteiger partial charge >= 0.3 is 0 Å². The highest BCUT2D eigenvalue weighted by molar-refractivity contribution is 4.71. The smallest absolute Gasteiger partial charge is 0.0600 e. The van der Waals surface area contributed by atoms with Crippen LogP contribution in [0.1, 0.15) is 33.6 Å². The molecular weight excluding hydrogens is 178 g/mol. The second-order valence-electron chi connectivity index (χ2n) is 5.03. The Labute approximate surface area is 87.1 Å². The summed E-state index contributed by atoms with van der Waals surface area (Å²) >= 11 is 0. The summed E-state index contributed by atoms with van der Waals surface area (Å²) < 4.78 is 5.65. The van der Waals surface area contributed by atoms with Crippen LogP contribution in [-0.4, -0.2) is 48.0 Å². The molecule has 0 aliphatic carbocycles. The standard InChI is InChI=1S/C11H23NO2/c1-11(2,3)14-9-8-12-6-4-10(13)5-7-12/h10,13H,4-9H2,1-3H3. The fraction of sp³-hybridized carbons (Fsp3) is 1.00. The molecule has 0 bridgehead atoms. The maximum absolute atomic E-state index is 9.32. The van der Waals surface area contributed by atoms with Crippen molar-refractivity contribution in [1.29, 1.82) is 0 Å². The van der Waals surface area contributed by atoms with Gasteiger partial charge in [-0.25, -0.2) is 0 Å². The van der Waals surface area contributed by atoms with E-state index in [0.29, 0.717) is 0 Å². The van der Waals surface area contributed by atoms with Crippen molar-refractivity contribution >= 4 is 0 Å². The van der Waals surface area contributed by atoms with Crippen LogP contribution in [0.4, 0.5) is 0 Å². The van der Waals surface area contributed by atoms with Gasteiger partial charge in [-0.1, -0.05) is 0 Å². The summed E-state index contributed by atoms with van der Waals surface area (Å²) in [5, 5.41) is 9.32. The lowest BCUT2D eigenvalue weighted by atomic mass is 10.1. The summed E-state index contributed by atoms with van der Waals surface area (Å²) in [4.78, 5) is 2.36. The molecule has 1 N–H and O–H groups in total. The summed E-state index contributed by atoms with van der Waals surface area (Å²) in [6, 6.07) is 0. The lowest BCUT2D eigenvalue weighted by Gasteiger charge is -2.30. The predicted octanol–water partition coefficient (Wildman–Crippen LogP) is 1.26. The van der Waals surface area contributed by atoms with Gasteiger partial charge in [0.05, 0.1) is 18.3 Å². The number of hydrogen-bond acceptors (Lipinski definition) is 3. The number of aliphatic hydroxyl groups is 1. The first kappa shape index (κ1) is 12.0. The van der Waals surface area contributed by atoms with Crippen LogP contribution in [0.2, 0.25) is 0 Å². The number of hydrogen-bond donors (Lipinski definition) is 1. The van der Waals surface area contributed by atoms with Crippen molar-refractivity contribution in [1.82, 2.24) is 4.90 Å². The number of aliphatic hydroxyl groups excluding tert-OH is 1. The molecule has 0 spiro atoms. The normalized spacial score (nSPS) is 21.4. The first-order valence-corrected chi connectivity index (χ1v) is 5.52. The Morgan fingerprint density at radius 3 is 2.36 bits per heavy atom. The minimum Gasteiger partial charge on any atom is -0.393 e. The molecule has 3 heteroatoms. The van der Waals surface area contributed by atoms with Gasteiger partial charge in [0.2, 0.25) is 0 Å². The summed E-state index contributed by atoms with van der Waals surface area (Å²) in [5.74, 6) is 0. The molecule has 1 aliphatic heterocycles. The zero-order valence-corrected chi connectivity index (χ0v) is 9.62. The topological polar surface area (TPSA) is 32.7 Å². The average molecular weight is 201 g/mol. The molecule has 0 aromatic carbocycles. The highest BCUT2D eigenvalue weighted by Gasteiger charge is 2.17. The summed E-state index contributed by atoms with van der Waals surface area (Å²) in [6.45, 7) is 10.0. The second-order valence-corrected chi connectivity index (χ2v) is 5.03. The van der Waals surface area contributed by atoms with Crippen molar-refractivity contribution in [2.75, 3.05) is 26.2 Å². The van der Waals surface area contributed by atoms with E-state index in [1.807, 2.05) is 0 Å². The molecule has 0 aromatic rings. The number of ether oxygens (including phenoxy) is 1. The van der Waals surface area contributed by atoms with Gasteiger partial charge < -0.3 is 14.7 Å². The molecule has 0 saturated carbocycles. The predicted molar refractivity (Wildman–Crippen MR) is 57.4 cm³/mol. The Bertz CT molecular complexity index is 157. The number of piperidine rings is 1. The SMILES string of the molecule is CC(C)(C)OCCN1CCC(O)CC1. The summed E-state index contributed by atoms with van der Waals surface area (Å²) in [7, 11) is 0. The van der Waals surface area contributed by atoms with E-state index in [9.17, 15) is 5.11 Å². The Kier molecular flexibility index (Phi) is 4.35. The lowest BCUT2D eigenvalue weighted by Crippen LogP contribution is -2.38. The van der Waals surface area contributed by atoms with Gasteiger partial charge in [-0.2, -0.15) is 0 Å². The van der Waals surface area contributed by atoms with Crippen molar-refractivity contribution in [3.05, 3.63) is 0 Å². The van der Waals surface area contributed by atoms with Crippen LogP contribution in [-0.2, 0) is 4.74 Å². The van der Waals surface area contributed by atoms with Crippen LogP contribution in [0.15, 0.2) is 0 Å². The van der Waals surface area contributed by atoms with Crippen molar-refractivity contribution in [3.8, 4) is 0 Å². The van der Waals surface area contributed by atoms with E-state index in [0.717, 1.165) is 39.1 Å². The highest BCUT2D eigenvalue weighted by atomic mass is 16.5. The largest absolute Gasteiger partial charge is 0.393 e. The fourth-order valence-electron chi connectivity index (χ4n) is 1.62. The van der Waals surface area contributed by atoms with Gasteiger partial charge in [-0.3, -0.25) is 0 Å². The van der Waals surface area contributed by atoms with Gasteiger partial charge in [-0.05, 0) is 33.6 Å². The molecule has 1 heterocycles. The van der Waals surface area contributed by atoms with Crippen LogP contribution in [0, 0.1) is 0 Å². The van der Waals surface area contributed by atoms with Gasteiger partial charge in [-0.15, -0.1) is 0 Å². The maximum Gasteiger partial charge on any atom is 0.0600 e. The summed E-state index contributed by atoms with van der Waals surface area (Å²) in [6.07, 6.45) is 1.75. The molecular formula is C11H23NO2. The minimum absolute atomic E-state index is 0.0324. The molecule has 0 radical (unpaired) electrons. The molecule has 1 aliphatic rings. The Balaban J connectivity index is 2.08. The van der Waals surface area contributed by atoms with Crippen molar-refractivity contribution in [2.24, 2.45) is 0 Å². The number of nitrogens with zero attached hydrogens (tertiary/aromatic N) is 1. The van der Waals surface area contributed by atoms with Crippen LogP contribution in [0.3, 0.4) is 0 Å². The minimum atomic E-state index is -0.0743. The van der Waals surface area contributed by atoms with E-state index in [2.05, 4.69) is 25.7 Å². The van der Waals surface area contributed by atoms with E-state index < -0.39 is 0 Å². The monoisotopic (exact) mass is 201 g/mol. The average Bonchev–Trinajstić information content (AvgIpc) is 2.06. The zero-order chi connectivity index (χ0) is 10.6. The van der Waals surface area contributed by atoms with Gasteiger partial charge in [0.15, 0.2) is 0 Å². The van der Waals surface area contributed by atoms with E-state index in [1.54, 1.807) is 0 Å². The van der Waals surface area contributed by atoms with Crippen LogP contribution >= 0.6 is 0 Å². The molecule has 0 unspecified atom stereocenters. The lowest BCUT2D eigenvalue weighted by molar-refractivity contribution is -0.0197. The molecule has 3 nitrogen and oxygen atoms in total. The molecule has 14 heavy (non-hydrogen) atoms. The van der Waals surface area contributed by atoms with Crippen molar-refractivity contribution < 1.29 is 9.84 Å². The van der Waals surface area contributed by atoms with Gasteiger partial charge in [0.25, 0.3) is 0 Å². The zero-order valence-electron chi connectivity index (χ0n) is 9.62. The van der Waals surface area contributed by atoms with Gasteiger partial charge in [0.1, 0.15) is 0 Å². The van der Waals surface area contributed by atoms with E-state index >= 15 is 0 Å². The quantitative estimate of drug-likeness (QED) is 0.746. The third kappa shape index (κ3) is 4.94. The second kappa shape index (κ2) is 5.10. The molecule has 0 amide bonds. The Morgan fingerprint density at radius 2 is 1.86 bits per heavy atom. The Hall–Kier alpha value is -0.120. The first-order chi connectivity index (χ1) is 6.47. The Morgan fingerprint density at radius 1 is 1.29 bits per heavy atom. The molecule has 1 saturated heterocycles. The maximum atomic E-state index is 9.32.